The molecular weight excluding hydrogens is 661 g/mol. The summed E-state index contributed by atoms with van der Waals surface area (Å²) in [5.41, 5.74) is 11.1. The molecule has 6 aromatic rings. The minimum Gasteiger partial charge on any atom is -0.261 e. The Balaban J connectivity index is 0.976. The molecule has 9 heteroatoms. The minimum absolute atomic E-state index is 0.172. The van der Waals surface area contributed by atoms with Crippen LogP contribution in [0.15, 0.2) is 79.1 Å². The molecule has 1 saturated carbocycles. The Hall–Kier alpha value is -4.09. The van der Waals surface area contributed by atoms with Gasteiger partial charge in [0.15, 0.2) is 0 Å². The molecule has 44 heavy (non-hydrogen) atoms. The van der Waals surface area contributed by atoms with E-state index < -0.39 is 0 Å². The summed E-state index contributed by atoms with van der Waals surface area (Å²) in [5.74, 6) is 1.52. The Bertz CT molecular complexity index is 2080. The number of hydrogen-bond acceptors (Lipinski definition) is 7. The van der Waals surface area contributed by atoms with Gasteiger partial charge in [0, 0.05) is 23.3 Å². The average molecular weight is 693 g/mol. The number of imidazole rings is 1. The molecule has 4 atom stereocenters. The van der Waals surface area contributed by atoms with Crippen molar-refractivity contribution in [3.63, 3.8) is 0 Å². The standard InChI is InChI=1S/C35H31IN7O/c1-19-11-24(9-10-37-19)40-23-4-7-29-32(15-23)43-34(42-29)30-8-5-25(17-38-30)41-31-12-20(2)39-28-6-3-22(14-27(28)31)35-16-26-13-21(18-44-26)33(35)36-35/h3-12,14-15,17,21,26,33H,13,16,18H2,1-2H3,(H,37,40)(H,39,41)(H,42,43)/q-1/t21?,26-,33-,35-/m0/s1. The molecule has 220 valence electrons. The van der Waals surface area contributed by atoms with Gasteiger partial charge in [-0.1, -0.05) is 0 Å². The molecule has 3 aliphatic rings. The van der Waals surface area contributed by atoms with Gasteiger partial charge in [0.2, 0.25) is 0 Å². The van der Waals surface area contributed by atoms with Gasteiger partial charge in [-0.3, -0.25) is 4.98 Å². The van der Waals surface area contributed by atoms with Crippen LogP contribution in [0, 0.1) is 19.8 Å². The van der Waals surface area contributed by atoms with E-state index in [0.717, 1.165) is 78.7 Å². The zero-order valence-corrected chi connectivity index (χ0v) is 26.6. The van der Waals surface area contributed by atoms with Crippen molar-refractivity contribution in [2.75, 3.05) is 17.2 Å². The summed E-state index contributed by atoms with van der Waals surface area (Å²) in [6.45, 7) is 5.01. The number of alkyl halides is 2. The number of halogens is 1. The molecule has 2 bridgehead atoms. The summed E-state index contributed by atoms with van der Waals surface area (Å²) in [4.78, 5) is 22.1. The van der Waals surface area contributed by atoms with E-state index >= 15 is 0 Å². The molecular formula is C35H31IN7O-. The number of pyridine rings is 3. The summed E-state index contributed by atoms with van der Waals surface area (Å²) < 4.78 is 7.36. The predicted octanol–water partition coefficient (Wildman–Crippen LogP) is 4.15. The van der Waals surface area contributed by atoms with E-state index in [0.29, 0.717) is 9.53 Å². The van der Waals surface area contributed by atoms with E-state index in [9.17, 15) is 0 Å². The van der Waals surface area contributed by atoms with Crippen molar-refractivity contribution in [2.45, 2.75) is 40.1 Å². The van der Waals surface area contributed by atoms with E-state index in [1.165, 1.54) is 23.8 Å². The first kappa shape index (κ1) is 26.3. The molecule has 0 spiro atoms. The third-order valence-corrected chi connectivity index (χ3v) is 14.0. The molecule has 4 aromatic heterocycles. The summed E-state index contributed by atoms with van der Waals surface area (Å²) in [7, 11) is 0. The molecule has 8 nitrogen and oxygen atoms in total. The molecule has 3 fully saturated rings. The van der Waals surface area contributed by atoms with Gasteiger partial charge in [-0.2, -0.15) is 0 Å². The number of anilines is 4. The molecule has 3 N–H and O–H groups in total. The molecule has 2 aromatic carbocycles. The van der Waals surface area contributed by atoms with E-state index in [-0.39, 0.29) is 21.2 Å². The third-order valence-electron chi connectivity index (χ3n) is 9.12. The van der Waals surface area contributed by atoms with E-state index in [1.807, 2.05) is 49.6 Å². The first-order valence-corrected chi connectivity index (χ1v) is 17.4. The second-order valence-electron chi connectivity index (χ2n) is 12.3. The number of fused-ring (bicyclic) bond motifs is 6. The fourth-order valence-electron chi connectivity index (χ4n) is 7.03. The van der Waals surface area contributed by atoms with Gasteiger partial charge in [0.25, 0.3) is 0 Å². The Morgan fingerprint density at radius 2 is 1.75 bits per heavy atom. The summed E-state index contributed by atoms with van der Waals surface area (Å²) in [6, 6.07) is 23.3. The minimum atomic E-state index is 0.172. The van der Waals surface area contributed by atoms with Crippen molar-refractivity contribution in [3.05, 3.63) is 96.1 Å². The van der Waals surface area contributed by atoms with E-state index in [4.69, 9.17) is 19.7 Å². The van der Waals surface area contributed by atoms with Crippen LogP contribution >= 0.6 is 0 Å². The van der Waals surface area contributed by atoms with Crippen molar-refractivity contribution >= 4 is 44.7 Å². The number of hydrogen-bond donors (Lipinski definition) is 3. The predicted molar refractivity (Wildman–Crippen MR) is 169 cm³/mol. The Kier molecular flexibility index (Phi) is 5.96. The Morgan fingerprint density at radius 3 is 2.64 bits per heavy atom. The maximum atomic E-state index is 6.09. The quantitative estimate of drug-likeness (QED) is 0.178. The normalized spacial score (nSPS) is 23.7. The van der Waals surface area contributed by atoms with Crippen molar-refractivity contribution in [2.24, 2.45) is 5.92 Å². The first-order valence-electron chi connectivity index (χ1n) is 15.1. The van der Waals surface area contributed by atoms with E-state index in [2.05, 4.69) is 63.9 Å². The number of aromatic amines is 1. The smallest absolute Gasteiger partial charge is 0.261 e. The number of ether oxygens (including phenoxy) is 1. The summed E-state index contributed by atoms with van der Waals surface area (Å²) in [6.07, 6.45) is 6.61. The van der Waals surface area contributed by atoms with Gasteiger partial charge >= 0.3 is 185 Å². The monoisotopic (exact) mass is 692 g/mol. The fourth-order valence-corrected chi connectivity index (χ4v) is 11.6. The van der Waals surface area contributed by atoms with Crippen LogP contribution in [-0.4, -0.2) is 41.6 Å². The SMILES string of the molecule is Cc1cc(Nc2ccc3nc(-c4ccc(Nc5cc(C)nc6ccc([C@@]78C[C@@H]9CC(CO9)[C@@H]7[I-]8)cc56)cn4)[nH]c3c2)ccn1. The molecule has 0 amide bonds. The van der Waals surface area contributed by atoms with Crippen LogP contribution in [0.2, 0.25) is 0 Å². The zero-order chi connectivity index (χ0) is 29.4. The van der Waals surface area contributed by atoms with Gasteiger partial charge in [-0.25, -0.2) is 0 Å². The van der Waals surface area contributed by atoms with Crippen LogP contribution in [0.5, 0.6) is 0 Å². The summed E-state index contributed by atoms with van der Waals surface area (Å²) >= 11 is 0.172. The van der Waals surface area contributed by atoms with Crippen molar-refractivity contribution in [1.82, 2.24) is 24.9 Å². The van der Waals surface area contributed by atoms with Crippen LogP contribution < -0.4 is 31.8 Å². The number of aryl methyl sites for hydroxylation is 2. The molecule has 2 saturated heterocycles. The Morgan fingerprint density at radius 1 is 0.864 bits per heavy atom. The molecule has 9 rings (SSSR count). The van der Waals surface area contributed by atoms with Crippen LogP contribution in [-0.2, 0) is 8.16 Å². The van der Waals surface area contributed by atoms with Gasteiger partial charge in [-0.05, 0) is 37.3 Å². The molecule has 2 aliphatic heterocycles. The second-order valence-corrected chi connectivity index (χ2v) is 16.1. The number of benzene rings is 2. The second kappa shape index (κ2) is 9.97. The maximum absolute atomic E-state index is 6.09. The first-order chi connectivity index (χ1) is 21.5. The summed E-state index contributed by atoms with van der Waals surface area (Å²) in [5, 5.41) is 8.27. The average Bonchev–Trinajstić information content (AvgIpc) is 3.41. The van der Waals surface area contributed by atoms with Crippen LogP contribution in [0.4, 0.5) is 22.7 Å². The van der Waals surface area contributed by atoms with Gasteiger partial charge in [0.1, 0.15) is 0 Å². The van der Waals surface area contributed by atoms with Gasteiger partial charge < -0.3 is 5.32 Å². The molecule has 6 heterocycles. The van der Waals surface area contributed by atoms with Gasteiger partial charge in [0.05, 0.1) is 11.0 Å². The van der Waals surface area contributed by atoms with Crippen LogP contribution in [0.1, 0.15) is 29.8 Å². The van der Waals surface area contributed by atoms with Gasteiger partial charge in [-0.15, -0.1) is 0 Å². The molecule has 1 unspecified atom stereocenters. The number of rotatable bonds is 6. The van der Waals surface area contributed by atoms with Crippen LogP contribution in [0.3, 0.4) is 0 Å². The molecule has 0 radical (unpaired) electrons. The fraction of sp³-hybridized carbons (Fsp3) is 0.257. The zero-order valence-electron chi connectivity index (χ0n) is 24.4. The molecule has 1 aliphatic carbocycles. The number of nitrogens with zero attached hydrogens (tertiary/aromatic N) is 4. The van der Waals surface area contributed by atoms with Crippen LogP contribution in [0.25, 0.3) is 33.5 Å². The Labute approximate surface area is 265 Å². The number of H-pyrrole nitrogens is 1. The van der Waals surface area contributed by atoms with Crippen molar-refractivity contribution in [3.8, 4) is 11.5 Å². The number of nitrogens with one attached hydrogen (secondary N) is 3. The van der Waals surface area contributed by atoms with E-state index in [1.54, 1.807) is 0 Å². The van der Waals surface area contributed by atoms with Crippen molar-refractivity contribution < 1.29 is 25.9 Å². The topological polar surface area (TPSA) is 101 Å². The number of aromatic nitrogens is 5. The third kappa shape index (κ3) is 4.52. The van der Waals surface area contributed by atoms with Crippen molar-refractivity contribution in [1.29, 1.82) is 0 Å².